The van der Waals surface area contributed by atoms with Crippen LogP contribution in [0.25, 0.3) is 5.69 Å². The summed E-state index contributed by atoms with van der Waals surface area (Å²) < 4.78 is 2.09. The van der Waals surface area contributed by atoms with Crippen LogP contribution in [0.5, 0.6) is 0 Å². The summed E-state index contributed by atoms with van der Waals surface area (Å²) in [5.74, 6) is 1.50. The van der Waals surface area contributed by atoms with Crippen molar-refractivity contribution in [2.24, 2.45) is 5.92 Å². The molecule has 0 radical (unpaired) electrons. The fourth-order valence-corrected chi connectivity index (χ4v) is 5.98. The lowest BCUT2D eigenvalue weighted by molar-refractivity contribution is -0.126. The maximum Gasteiger partial charge on any atom is 0.223 e. The quantitative estimate of drug-likeness (QED) is 0.163. The third-order valence-electron chi connectivity index (χ3n) is 7.20. The standard InChI is InChI=1S/C33H39ClN4OS/c1-5-7-16-27(6-2)32(39)35-29(20-25-13-9-8-10-14-25)31-36-37-33(40-22-26-15-11-12-23(3)19-26)38(31)30-21-28(34)18-17-24(30)4/h8-15,17-19,21,27,29H,5-7,16,20,22H2,1-4H3,(H,35,39). The van der Waals surface area contributed by atoms with Crippen molar-refractivity contribution < 1.29 is 4.79 Å². The van der Waals surface area contributed by atoms with Crippen molar-refractivity contribution in [3.05, 3.63) is 106 Å². The van der Waals surface area contributed by atoms with Crippen LogP contribution >= 0.6 is 23.4 Å². The molecule has 0 aliphatic rings. The monoisotopic (exact) mass is 574 g/mol. The number of rotatable bonds is 13. The van der Waals surface area contributed by atoms with Crippen LogP contribution in [0.4, 0.5) is 0 Å². The van der Waals surface area contributed by atoms with Crippen LogP contribution in [-0.2, 0) is 17.0 Å². The highest BCUT2D eigenvalue weighted by Gasteiger charge is 2.28. The Labute approximate surface area is 247 Å². The molecule has 0 fully saturated rings. The van der Waals surface area contributed by atoms with Gasteiger partial charge in [0.05, 0.1) is 11.7 Å². The average Bonchev–Trinajstić information content (AvgIpc) is 3.37. The van der Waals surface area contributed by atoms with Crippen LogP contribution in [0.15, 0.2) is 78.0 Å². The summed E-state index contributed by atoms with van der Waals surface area (Å²) in [6, 6.07) is 24.3. The molecule has 4 aromatic rings. The number of carbonyl (C=O) groups is 1. The van der Waals surface area contributed by atoms with Crippen LogP contribution in [0, 0.1) is 19.8 Å². The minimum absolute atomic E-state index is 0.0299. The molecule has 0 aliphatic carbocycles. The second-order valence-corrected chi connectivity index (χ2v) is 11.8. The molecule has 0 saturated heterocycles. The van der Waals surface area contributed by atoms with Crippen LogP contribution < -0.4 is 5.32 Å². The highest BCUT2D eigenvalue weighted by atomic mass is 35.5. The highest BCUT2D eigenvalue weighted by molar-refractivity contribution is 7.98. The number of carbonyl (C=O) groups excluding carboxylic acids is 1. The fourth-order valence-electron chi connectivity index (χ4n) is 4.92. The third kappa shape index (κ3) is 7.76. The minimum atomic E-state index is -0.357. The van der Waals surface area contributed by atoms with Crippen molar-refractivity contribution >= 4 is 29.3 Å². The first-order valence-corrected chi connectivity index (χ1v) is 15.5. The van der Waals surface area contributed by atoms with Crippen LogP contribution in [0.1, 0.15) is 73.7 Å². The van der Waals surface area contributed by atoms with Gasteiger partial charge in [-0.05, 0) is 61.9 Å². The number of halogens is 1. The molecular formula is C33H39ClN4OS. The Morgan fingerprint density at radius 3 is 2.48 bits per heavy atom. The Morgan fingerprint density at radius 1 is 0.975 bits per heavy atom. The van der Waals surface area contributed by atoms with Gasteiger partial charge in [0.1, 0.15) is 0 Å². The van der Waals surface area contributed by atoms with E-state index in [1.54, 1.807) is 11.8 Å². The van der Waals surface area contributed by atoms with Gasteiger partial charge in [-0.1, -0.05) is 116 Å². The Bertz CT molecular complexity index is 1400. The Balaban J connectivity index is 1.76. The maximum atomic E-state index is 13.6. The number of benzene rings is 3. The number of amides is 1. The number of hydrogen-bond acceptors (Lipinski definition) is 4. The van der Waals surface area contributed by atoms with Gasteiger partial charge in [0.2, 0.25) is 5.91 Å². The van der Waals surface area contributed by atoms with Crippen LogP contribution in [0.2, 0.25) is 5.02 Å². The second kappa shape index (κ2) is 14.5. The van der Waals surface area contributed by atoms with E-state index in [0.29, 0.717) is 17.3 Å². The maximum absolute atomic E-state index is 13.6. The van der Waals surface area contributed by atoms with Crippen molar-refractivity contribution in [3.8, 4) is 5.69 Å². The van der Waals surface area contributed by atoms with E-state index in [-0.39, 0.29) is 17.9 Å². The van der Waals surface area contributed by atoms with Crippen molar-refractivity contribution in [2.45, 2.75) is 76.8 Å². The first-order chi connectivity index (χ1) is 19.4. The van der Waals surface area contributed by atoms with E-state index in [4.69, 9.17) is 16.7 Å². The van der Waals surface area contributed by atoms with Crippen LogP contribution in [0.3, 0.4) is 0 Å². The lowest BCUT2D eigenvalue weighted by Gasteiger charge is -2.23. The van der Waals surface area contributed by atoms with E-state index >= 15 is 0 Å². The van der Waals surface area contributed by atoms with Gasteiger partial charge in [-0.15, -0.1) is 10.2 Å². The molecule has 0 saturated carbocycles. The summed E-state index contributed by atoms with van der Waals surface area (Å²) in [7, 11) is 0. The van der Waals surface area contributed by atoms with E-state index in [1.807, 2.05) is 36.4 Å². The largest absolute Gasteiger partial charge is 0.345 e. The van der Waals surface area contributed by atoms with E-state index in [1.165, 1.54) is 11.1 Å². The first kappa shape index (κ1) is 29.9. The predicted molar refractivity (Wildman–Crippen MR) is 166 cm³/mol. The lowest BCUT2D eigenvalue weighted by Crippen LogP contribution is -2.36. The van der Waals surface area contributed by atoms with Crippen molar-refractivity contribution in [2.75, 3.05) is 0 Å². The van der Waals surface area contributed by atoms with E-state index in [0.717, 1.165) is 53.4 Å². The first-order valence-electron chi connectivity index (χ1n) is 14.1. The number of nitrogens with zero attached hydrogens (tertiary/aromatic N) is 3. The van der Waals surface area contributed by atoms with Gasteiger partial charge in [0.25, 0.3) is 0 Å². The molecule has 3 aromatic carbocycles. The Morgan fingerprint density at radius 2 is 1.75 bits per heavy atom. The smallest absolute Gasteiger partial charge is 0.223 e. The number of thioether (sulfide) groups is 1. The Kier molecular flexibility index (Phi) is 10.8. The SMILES string of the molecule is CCCCC(CC)C(=O)NC(Cc1ccccc1)c1nnc(SCc2cccc(C)c2)n1-c1cc(Cl)ccc1C. The minimum Gasteiger partial charge on any atom is -0.345 e. The summed E-state index contributed by atoms with van der Waals surface area (Å²) in [6.07, 6.45) is 4.40. The molecule has 1 heterocycles. The van der Waals surface area contributed by atoms with E-state index < -0.39 is 0 Å². The van der Waals surface area contributed by atoms with Gasteiger partial charge in [0.15, 0.2) is 11.0 Å². The summed E-state index contributed by atoms with van der Waals surface area (Å²) >= 11 is 8.14. The topological polar surface area (TPSA) is 59.8 Å². The molecule has 7 heteroatoms. The molecule has 2 unspecified atom stereocenters. The molecule has 0 aliphatic heterocycles. The third-order valence-corrected chi connectivity index (χ3v) is 8.44. The zero-order chi connectivity index (χ0) is 28.5. The molecule has 1 N–H and O–H groups in total. The number of nitrogens with one attached hydrogen (secondary N) is 1. The van der Waals surface area contributed by atoms with Crippen molar-refractivity contribution in [1.29, 1.82) is 0 Å². The van der Waals surface area contributed by atoms with Gasteiger partial charge >= 0.3 is 0 Å². The van der Waals surface area contributed by atoms with Crippen molar-refractivity contribution in [3.63, 3.8) is 0 Å². The molecule has 4 rings (SSSR count). The molecule has 210 valence electrons. The zero-order valence-electron chi connectivity index (χ0n) is 23.9. The molecule has 5 nitrogen and oxygen atoms in total. The summed E-state index contributed by atoms with van der Waals surface area (Å²) in [6.45, 7) is 8.41. The number of aromatic nitrogens is 3. The number of hydrogen-bond donors (Lipinski definition) is 1. The Hall–Kier alpha value is -3.09. The van der Waals surface area contributed by atoms with Gasteiger partial charge in [-0.3, -0.25) is 9.36 Å². The normalized spacial score (nSPS) is 12.7. The predicted octanol–water partition coefficient (Wildman–Crippen LogP) is 8.45. The average molecular weight is 575 g/mol. The molecule has 0 bridgehead atoms. The van der Waals surface area contributed by atoms with Gasteiger partial charge in [0, 0.05) is 16.7 Å². The second-order valence-electron chi connectivity index (χ2n) is 10.4. The summed E-state index contributed by atoms with van der Waals surface area (Å²) in [4.78, 5) is 13.6. The molecule has 40 heavy (non-hydrogen) atoms. The van der Waals surface area contributed by atoms with Gasteiger partial charge in [-0.2, -0.15) is 0 Å². The van der Waals surface area contributed by atoms with E-state index in [2.05, 4.69) is 79.1 Å². The van der Waals surface area contributed by atoms with Gasteiger partial charge < -0.3 is 5.32 Å². The summed E-state index contributed by atoms with van der Waals surface area (Å²) in [5.41, 5.74) is 5.55. The summed E-state index contributed by atoms with van der Waals surface area (Å²) in [5, 5.41) is 14.2. The molecule has 0 spiro atoms. The van der Waals surface area contributed by atoms with Crippen LogP contribution in [-0.4, -0.2) is 20.7 Å². The zero-order valence-corrected chi connectivity index (χ0v) is 25.4. The van der Waals surface area contributed by atoms with E-state index in [9.17, 15) is 4.79 Å². The molecular weight excluding hydrogens is 536 g/mol. The molecule has 1 aromatic heterocycles. The highest BCUT2D eigenvalue weighted by Crippen LogP contribution is 2.32. The lowest BCUT2D eigenvalue weighted by atomic mass is 9.97. The molecule has 1 amide bonds. The molecule has 2 atom stereocenters. The fraction of sp³-hybridized carbons (Fsp3) is 0.364. The van der Waals surface area contributed by atoms with Gasteiger partial charge in [-0.25, -0.2) is 0 Å². The number of aryl methyl sites for hydroxylation is 2. The van der Waals surface area contributed by atoms with Crippen molar-refractivity contribution in [1.82, 2.24) is 20.1 Å². The number of unbranched alkanes of at least 4 members (excludes halogenated alkanes) is 1.